The summed E-state index contributed by atoms with van der Waals surface area (Å²) in [5.74, 6) is 1.32. The minimum Gasteiger partial charge on any atom is -0.497 e. The molecule has 26 heavy (non-hydrogen) atoms. The zero-order valence-corrected chi connectivity index (χ0v) is 15.5. The first-order chi connectivity index (χ1) is 12.6. The summed E-state index contributed by atoms with van der Waals surface area (Å²) in [7, 11) is 3.23. The van der Waals surface area contributed by atoms with Crippen molar-refractivity contribution in [3.8, 4) is 22.8 Å². The third-order valence-corrected chi connectivity index (χ3v) is 4.75. The van der Waals surface area contributed by atoms with Crippen LogP contribution in [0.25, 0.3) is 11.3 Å². The van der Waals surface area contributed by atoms with Gasteiger partial charge in [0.25, 0.3) is 5.91 Å². The van der Waals surface area contributed by atoms with E-state index in [0.29, 0.717) is 10.6 Å². The van der Waals surface area contributed by atoms with Crippen LogP contribution in [-0.4, -0.2) is 29.7 Å². The molecule has 1 atom stereocenters. The van der Waals surface area contributed by atoms with E-state index in [9.17, 15) is 4.79 Å². The third-order valence-electron chi connectivity index (χ3n) is 4.02. The zero-order chi connectivity index (χ0) is 18.5. The fraction of sp³-hybridized carbons (Fsp3) is 0.211. The van der Waals surface area contributed by atoms with Crippen LogP contribution in [0.3, 0.4) is 0 Å². The summed E-state index contributed by atoms with van der Waals surface area (Å²) in [5.41, 5.74) is 2.38. The maximum Gasteiger partial charge on any atom is 0.265 e. The van der Waals surface area contributed by atoms with Crippen LogP contribution in [0, 0.1) is 0 Å². The lowest BCUT2D eigenvalue weighted by molar-refractivity contribution is 0.0944. The molecule has 0 fully saturated rings. The number of ether oxygens (including phenoxy) is 2. The van der Waals surface area contributed by atoms with Gasteiger partial charge in [-0.3, -0.25) is 4.79 Å². The molecule has 2 aromatic carbocycles. The summed E-state index contributed by atoms with van der Waals surface area (Å²) in [6.07, 6.45) is 0. The number of nitrogens with one attached hydrogen (secondary N) is 1. The van der Waals surface area contributed by atoms with Crippen LogP contribution in [0.1, 0.15) is 28.2 Å². The molecular weight excluding hydrogens is 350 g/mol. The number of hydrogen-bond acceptors (Lipinski definition) is 6. The van der Waals surface area contributed by atoms with Crippen LogP contribution in [0.15, 0.2) is 48.5 Å². The topological polar surface area (TPSA) is 73.3 Å². The van der Waals surface area contributed by atoms with Crippen LogP contribution >= 0.6 is 11.5 Å². The number of aromatic nitrogens is 2. The Bertz CT molecular complexity index is 876. The second kappa shape index (κ2) is 7.97. The van der Waals surface area contributed by atoms with Crippen molar-refractivity contribution in [3.05, 3.63) is 59.0 Å². The Balaban J connectivity index is 1.76. The van der Waals surface area contributed by atoms with Gasteiger partial charge < -0.3 is 14.8 Å². The average Bonchev–Trinajstić information content (AvgIpc) is 3.18. The molecule has 1 N–H and O–H groups in total. The molecule has 0 aliphatic rings. The summed E-state index contributed by atoms with van der Waals surface area (Å²) in [6.45, 7) is 1.93. The molecule has 1 amide bonds. The van der Waals surface area contributed by atoms with Gasteiger partial charge in [0.15, 0.2) is 0 Å². The smallest absolute Gasteiger partial charge is 0.265 e. The third kappa shape index (κ3) is 3.83. The molecule has 0 bridgehead atoms. The van der Waals surface area contributed by atoms with Gasteiger partial charge in [-0.15, -0.1) is 5.10 Å². The van der Waals surface area contributed by atoms with E-state index in [-0.39, 0.29) is 11.9 Å². The first-order valence-corrected chi connectivity index (χ1v) is 8.81. The lowest BCUT2D eigenvalue weighted by Crippen LogP contribution is -2.26. The van der Waals surface area contributed by atoms with Gasteiger partial charge in [-0.2, -0.15) is 0 Å². The number of amides is 1. The van der Waals surface area contributed by atoms with E-state index in [1.54, 1.807) is 14.2 Å². The normalized spacial score (nSPS) is 11.7. The molecule has 0 radical (unpaired) electrons. The van der Waals surface area contributed by atoms with E-state index in [2.05, 4.69) is 14.9 Å². The average molecular weight is 369 g/mol. The van der Waals surface area contributed by atoms with Crippen LogP contribution in [0.4, 0.5) is 0 Å². The summed E-state index contributed by atoms with van der Waals surface area (Å²) in [5, 5.41) is 7.11. The Morgan fingerprint density at radius 2 is 1.58 bits per heavy atom. The summed E-state index contributed by atoms with van der Waals surface area (Å²) < 4.78 is 14.3. The Kier molecular flexibility index (Phi) is 5.48. The molecular formula is C19H19N3O3S. The molecule has 1 aromatic heterocycles. The maximum absolute atomic E-state index is 12.7. The van der Waals surface area contributed by atoms with E-state index >= 15 is 0 Å². The van der Waals surface area contributed by atoms with Crippen molar-refractivity contribution in [3.63, 3.8) is 0 Å². The van der Waals surface area contributed by atoms with Gasteiger partial charge in [-0.25, -0.2) is 0 Å². The van der Waals surface area contributed by atoms with E-state index in [4.69, 9.17) is 9.47 Å². The molecule has 0 spiro atoms. The lowest BCUT2D eigenvalue weighted by atomic mass is 10.1. The monoisotopic (exact) mass is 369 g/mol. The highest BCUT2D eigenvalue weighted by Crippen LogP contribution is 2.26. The van der Waals surface area contributed by atoms with Crippen LogP contribution in [0.5, 0.6) is 11.5 Å². The number of carbonyl (C=O) groups is 1. The highest BCUT2D eigenvalue weighted by molar-refractivity contribution is 7.08. The zero-order valence-electron chi connectivity index (χ0n) is 14.7. The molecule has 6 nitrogen and oxygen atoms in total. The van der Waals surface area contributed by atoms with Gasteiger partial charge in [0, 0.05) is 5.56 Å². The molecule has 0 aliphatic carbocycles. The van der Waals surface area contributed by atoms with Crippen molar-refractivity contribution in [2.24, 2.45) is 0 Å². The Labute approximate surface area is 155 Å². The fourth-order valence-electron chi connectivity index (χ4n) is 2.52. The quantitative estimate of drug-likeness (QED) is 0.717. The van der Waals surface area contributed by atoms with Crippen LogP contribution in [0.2, 0.25) is 0 Å². The van der Waals surface area contributed by atoms with Gasteiger partial charge >= 0.3 is 0 Å². The van der Waals surface area contributed by atoms with Crippen molar-refractivity contribution >= 4 is 17.4 Å². The predicted octanol–water partition coefficient (Wildman–Crippen LogP) is 3.71. The molecule has 3 rings (SSSR count). The molecule has 1 heterocycles. The minimum absolute atomic E-state index is 0.153. The second-order valence-electron chi connectivity index (χ2n) is 5.65. The Hall–Kier alpha value is -2.93. The van der Waals surface area contributed by atoms with Crippen LogP contribution in [-0.2, 0) is 0 Å². The first kappa shape index (κ1) is 17.9. The number of carbonyl (C=O) groups excluding carboxylic acids is 1. The molecule has 1 unspecified atom stereocenters. The number of nitrogens with zero attached hydrogens (tertiary/aromatic N) is 2. The lowest BCUT2D eigenvalue weighted by Gasteiger charge is -2.14. The predicted molar refractivity (Wildman–Crippen MR) is 101 cm³/mol. The summed E-state index contributed by atoms with van der Waals surface area (Å²) >= 11 is 1.08. The highest BCUT2D eigenvalue weighted by atomic mass is 32.1. The standard InChI is InChI=1S/C19H19N3O3S/c1-12(13-4-8-15(24-2)9-5-13)20-19(23)18-17(21-22-26-18)14-6-10-16(25-3)11-7-14/h4-12H,1-3H3,(H,20,23). The Morgan fingerprint density at radius 1 is 1.00 bits per heavy atom. The minimum atomic E-state index is -0.200. The number of hydrogen-bond donors (Lipinski definition) is 1. The van der Waals surface area contributed by atoms with E-state index in [0.717, 1.165) is 34.2 Å². The summed E-state index contributed by atoms with van der Waals surface area (Å²) in [4.78, 5) is 13.2. The van der Waals surface area contributed by atoms with Crippen molar-refractivity contribution in [2.45, 2.75) is 13.0 Å². The van der Waals surface area contributed by atoms with Crippen molar-refractivity contribution in [2.75, 3.05) is 14.2 Å². The molecule has 0 aliphatic heterocycles. The SMILES string of the molecule is COc1ccc(-c2nnsc2C(=O)NC(C)c2ccc(OC)cc2)cc1. The highest BCUT2D eigenvalue weighted by Gasteiger charge is 2.20. The fourth-order valence-corrected chi connectivity index (χ4v) is 3.11. The number of benzene rings is 2. The van der Waals surface area contributed by atoms with Gasteiger partial charge in [-0.05, 0) is 60.4 Å². The Morgan fingerprint density at radius 3 is 2.15 bits per heavy atom. The number of methoxy groups -OCH3 is 2. The second-order valence-corrected chi connectivity index (χ2v) is 6.40. The molecule has 3 aromatic rings. The van der Waals surface area contributed by atoms with Gasteiger partial charge in [0.2, 0.25) is 0 Å². The maximum atomic E-state index is 12.7. The van der Waals surface area contributed by atoms with Crippen molar-refractivity contribution in [1.29, 1.82) is 0 Å². The molecule has 0 saturated heterocycles. The van der Waals surface area contributed by atoms with Gasteiger partial charge in [0.1, 0.15) is 22.1 Å². The van der Waals surface area contributed by atoms with Crippen LogP contribution < -0.4 is 14.8 Å². The van der Waals surface area contributed by atoms with E-state index < -0.39 is 0 Å². The van der Waals surface area contributed by atoms with Gasteiger partial charge in [0.05, 0.1) is 20.3 Å². The number of rotatable bonds is 6. The molecule has 134 valence electrons. The molecule has 7 heteroatoms. The molecule has 0 saturated carbocycles. The largest absolute Gasteiger partial charge is 0.497 e. The van der Waals surface area contributed by atoms with E-state index in [1.807, 2.05) is 55.5 Å². The van der Waals surface area contributed by atoms with Crippen molar-refractivity contribution in [1.82, 2.24) is 14.9 Å². The van der Waals surface area contributed by atoms with Crippen molar-refractivity contribution < 1.29 is 14.3 Å². The summed E-state index contributed by atoms with van der Waals surface area (Å²) in [6, 6.07) is 14.8. The first-order valence-electron chi connectivity index (χ1n) is 8.04. The van der Waals surface area contributed by atoms with E-state index in [1.165, 1.54) is 0 Å². The van der Waals surface area contributed by atoms with Gasteiger partial charge in [-0.1, -0.05) is 16.6 Å².